The normalized spacial score (nSPS) is 15.8. The van der Waals surface area contributed by atoms with E-state index in [1.54, 1.807) is 18.2 Å². The number of nitrogens with zero attached hydrogens (tertiary/aromatic N) is 3. The highest BCUT2D eigenvalue weighted by molar-refractivity contribution is 6.30. The van der Waals surface area contributed by atoms with Gasteiger partial charge < -0.3 is 15.3 Å². The van der Waals surface area contributed by atoms with E-state index in [2.05, 4.69) is 17.1 Å². The third kappa shape index (κ3) is 5.70. The van der Waals surface area contributed by atoms with Crippen molar-refractivity contribution in [3.63, 3.8) is 0 Å². The molecule has 0 aliphatic carbocycles. The molecule has 4 rings (SSSR count). The van der Waals surface area contributed by atoms with Gasteiger partial charge in [-0.3, -0.25) is 4.79 Å². The number of nitrogens with one attached hydrogen (secondary N) is 1. The second-order valence-corrected chi connectivity index (χ2v) is 9.11. The monoisotopic (exact) mass is 464 g/mol. The van der Waals surface area contributed by atoms with Gasteiger partial charge in [-0.2, -0.15) is 0 Å². The maximum absolute atomic E-state index is 12.4. The Labute approximate surface area is 199 Å². The lowest BCUT2D eigenvalue weighted by molar-refractivity contribution is -0.111. The second kappa shape index (κ2) is 9.89. The molecule has 0 radical (unpaired) electrons. The van der Waals surface area contributed by atoms with Gasteiger partial charge in [0, 0.05) is 35.3 Å². The number of fused-ring (bicyclic) bond motifs is 1. The minimum atomic E-state index is -0.563. The Bertz CT molecular complexity index is 1170. The van der Waals surface area contributed by atoms with Gasteiger partial charge in [-0.1, -0.05) is 37.1 Å². The molecule has 1 aliphatic heterocycles. The van der Waals surface area contributed by atoms with Crippen molar-refractivity contribution in [3.05, 3.63) is 64.8 Å². The van der Waals surface area contributed by atoms with Crippen LogP contribution >= 0.6 is 11.6 Å². The summed E-state index contributed by atoms with van der Waals surface area (Å²) in [5.41, 5.74) is 2.72. The molecule has 0 saturated carbocycles. The van der Waals surface area contributed by atoms with Crippen LogP contribution in [0.5, 0.6) is 0 Å². The number of carbonyl (C=O) groups is 1. The van der Waals surface area contributed by atoms with Crippen molar-refractivity contribution in [2.24, 2.45) is 0 Å². The summed E-state index contributed by atoms with van der Waals surface area (Å²) in [5.74, 6) is 0.480. The number of anilines is 2. The molecule has 1 fully saturated rings. The smallest absolute Gasteiger partial charge is 0.248 e. The summed E-state index contributed by atoms with van der Waals surface area (Å²) < 4.78 is 0. The standard InChI is InChI=1S/C26H29ClN4O2/c1-3-12-26(33)13-15-31(16-14-26)25-28-18(2)22-17-21(9-10-23(22)30-25)29-24(32)11-6-19-4-7-20(27)8-5-19/h4-11,17,33H,3,12-16H2,1-2H3,(H,29,32)/b11-6+. The highest BCUT2D eigenvalue weighted by Gasteiger charge is 2.32. The number of hydrogen-bond donors (Lipinski definition) is 2. The Morgan fingerprint density at radius 1 is 1.18 bits per heavy atom. The van der Waals surface area contributed by atoms with Crippen molar-refractivity contribution in [2.45, 2.75) is 45.1 Å². The van der Waals surface area contributed by atoms with E-state index in [0.717, 1.165) is 60.9 Å². The van der Waals surface area contributed by atoms with E-state index in [1.807, 2.05) is 37.3 Å². The van der Waals surface area contributed by atoms with E-state index in [-0.39, 0.29) is 5.91 Å². The fourth-order valence-electron chi connectivity index (χ4n) is 4.25. The number of piperidine rings is 1. The Hall–Kier alpha value is -2.96. The average Bonchev–Trinajstić information content (AvgIpc) is 2.79. The van der Waals surface area contributed by atoms with E-state index >= 15 is 0 Å². The van der Waals surface area contributed by atoms with Gasteiger partial charge in [0.25, 0.3) is 0 Å². The molecule has 0 atom stereocenters. The Morgan fingerprint density at radius 3 is 2.61 bits per heavy atom. The molecular weight excluding hydrogens is 436 g/mol. The molecule has 0 spiro atoms. The molecule has 1 aliphatic rings. The zero-order chi connectivity index (χ0) is 23.4. The molecule has 1 saturated heterocycles. The molecule has 7 heteroatoms. The first kappa shape index (κ1) is 23.2. The predicted octanol–water partition coefficient (Wildman–Crippen LogP) is 5.37. The highest BCUT2D eigenvalue weighted by atomic mass is 35.5. The van der Waals surface area contributed by atoms with Crippen LogP contribution in [0.25, 0.3) is 17.0 Å². The number of amides is 1. The van der Waals surface area contributed by atoms with Crippen LogP contribution in [0, 0.1) is 6.92 Å². The van der Waals surface area contributed by atoms with Gasteiger partial charge in [-0.15, -0.1) is 0 Å². The average molecular weight is 465 g/mol. The Balaban J connectivity index is 1.45. The first-order chi connectivity index (χ1) is 15.8. The maximum atomic E-state index is 12.4. The van der Waals surface area contributed by atoms with Crippen LogP contribution in [0.3, 0.4) is 0 Å². The van der Waals surface area contributed by atoms with Crippen LogP contribution in [0.1, 0.15) is 43.9 Å². The number of aryl methyl sites for hydroxylation is 1. The molecule has 2 aromatic carbocycles. The summed E-state index contributed by atoms with van der Waals surface area (Å²) in [5, 5.41) is 15.1. The van der Waals surface area contributed by atoms with Crippen LogP contribution in [-0.4, -0.2) is 39.7 Å². The van der Waals surface area contributed by atoms with Crippen molar-refractivity contribution < 1.29 is 9.90 Å². The SMILES string of the molecule is CCCC1(O)CCN(c2nc(C)c3cc(NC(=O)/C=C/c4ccc(Cl)cc4)ccc3n2)CC1. The summed E-state index contributed by atoms with van der Waals surface area (Å²) in [4.78, 5) is 24.0. The van der Waals surface area contributed by atoms with Crippen LogP contribution in [0.15, 0.2) is 48.5 Å². The third-order valence-corrected chi connectivity index (χ3v) is 6.38. The fraction of sp³-hybridized carbons (Fsp3) is 0.346. The molecule has 0 bridgehead atoms. The minimum absolute atomic E-state index is 0.215. The molecule has 2 N–H and O–H groups in total. The van der Waals surface area contributed by atoms with Crippen molar-refractivity contribution in [3.8, 4) is 0 Å². The number of benzene rings is 2. The van der Waals surface area contributed by atoms with Gasteiger partial charge in [-0.05, 0) is 68.2 Å². The van der Waals surface area contributed by atoms with Crippen molar-refractivity contribution in [2.75, 3.05) is 23.3 Å². The predicted molar refractivity (Wildman–Crippen MR) is 135 cm³/mol. The van der Waals surface area contributed by atoms with Gasteiger partial charge in [0.15, 0.2) is 0 Å². The van der Waals surface area contributed by atoms with Crippen LogP contribution in [0.4, 0.5) is 11.6 Å². The molecule has 6 nitrogen and oxygen atoms in total. The summed E-state index contributed by atoms with van der Waals surface area (Å²) in [6.07, 6.45) is 6.52. The van der Waals surface area contributed by atoms with Crippen LogP contribution in [0.2, 0.25) is 5.02 Å². The third-order valence-electron chi connectivity index (χ3n) is 6.13. The molecule has 1 aromatic heterocycles. The van der Waals surface area contributed by atoms with Gasteiger partial charge in [0.2, 0.25) is 11.9 Å². The highest BCUT2D eigenvalue weighted by Crippen LogP contribution is 2.30. The summed E-state index contributed by atoms with van der Waals surface area (Å²) in [7, 11) is 0. The van der Waals surface area contributed by atoms with E-state index in [9.17, 15) is 9.90 Å². The van der Waals surface area contributed by atoms with Crippen molar-refractivity contribution in [1.29, 1.82) is 0 Å². The lowest BCUT2D eigenvalue weighted by Gasteiger charge is -2.38. The number of halogens is 1. The first-order valence-electron chi connectivity index (χ1n) is 11.4. The van der Waals surface area contributed by atoms with Crippen LogP contribution in [-0.2, 0) is 4.79 Å². The molecule has 3 aromatic rings. The molecule has 172 valence electrons. The van der Waals surface area contributed by atoms with Gasteiger partial charge >= 0.3 is 0 Å². The lowest BCUT2D eigenvalue weighted by Crippen LogP contribution is -2.45. The zero-order valence-corrected chi connectivity index (χ0v) is 19.8. The largest absolute Gasteiger partial charge is 0.390 e. The van der Waals surface area contributed by atoms with E-state index < -0.39 is 5.60 Å². The van der Waals surface area contributed by atoms with Gasteiger partial charge in [0.1, 0.15) is 0 Å². The fourth-order valence-corrected chi connectivity index (χ4v) is 4.38. The van der Waals surface area contributed by atoms with E-state index in [0.29, 0.717) is 16.7 Å². The number of hydrogen-bond acceptors (Lipinski definition) is 5. The number of carbonyl (C=O) groups excluding carboxylic acids is 1. The van der Waals surface area contributed by atoms with Gasteiger partial charge in [-0.25, -0.2) is 9.97 Å². The molecule has 1 amide bonds. The van der Waals surface area contributed by atoms with Gasteiger partial charge in [0.05, 0.1) is 16.8 Å². The molecule has 2 heterocycles. The quantitative estimate of drug-likeness (QED) is 0.479. The van der Waals surface area contributed by atoms with Crippen molar-refractivity contribution >= 4 is 46.1 Å². The van der Waals surface area contributed by atoms with Crippen molar-refractivity contribution in [1.82, 2.24) is 9.97 Å². The Kier molecular flexibility index (Phi) is 6.96. The lowest BCUT2D eigenvalue weighted by atomic mass is 9.87. The molecular formula is C26H29ClN4O2. The second-order valence-electron chi connectivity index (χ2n) is 8.68. The number of rotatable bonds is 6. The number of aliphatic hydroxyl groups is 1. The first-order valence-corrected chi connectivity index (χ1v) is 11.7. The van der Waals surface area contributed by atoms with Crippen LogP contribution < -0.4 is 10.2 Å². The zero-order valence-electron chi connectivity index (χ0n) is 19.0. The summed E-state index contributed by atoms with van der Waals surface area (Å²) in [6, 6.07) is 12.9. The van der Waals surface area contributed by atoms with E-state index in [4.69, 9.17) is 21.6 Å². The summed E-state index contributed by atoms with van der Waals surface area (Å²) >= 11 is 5.89. The van der Waals surface area contributed by atoms with E-state index in [1.165, 1.54) is 6.08 Å². The molecule has 0 unspecified atom stereocenters. The number of aromatic nitrogens is 2. The summed E-state index contributed by atoms with van der Waals surface area (Å²) in [6.45, 7) is 5.55. The Morgan fingerprint density at radius 2 is 1.91 bits per heavy atom. The minimum Gasteiger partial charge on any atom is -0.390 e. The molecule has 33 heavy (non-hydrogen) atoms. The maximum Gasteiger partial charge on any atom is 0.248 e. The topological polar surface area (TPSA) is 78.4 Å².